The Balaban J connectivity index is 1.39. The van der Waals surface area contributed by atoms with Crippen LogP contribution in [-0.2, 0) is 30.7 Å². The number of aromatic nitrogens is 2. The van der Waals surface area contributed by atoms with Crippen molar-refractivity contribution in [3.63, 3.8) is 0 Å². The van der Waals surface area contributed by atoms with E-state index >= 15 is 0 Å². The van der Waals surface area contributed by atoms with Crippen LogP contribution in [-0.4, -0.2) is 63.5 Å². The maximum atomic E-state index is 13.4. The number of piperazine rings is 1. The van der Waals surface area contributed by atoms with Crippen LogP contribution in [0, 0.1) is 0 Å². The van der Waals surface area contributed by atoms with Gasteiger partial charge in [-0.2, -0.15) is 16.4 Å². The van der Waals surface area contributed by atoms with Crippen molar-refractivity contribution < 1.29 is 14.4 Å². The minimum absolute atomic E-state index is 0.0283. The van der Waals surface area contributed by atoms with E-state index in [1.54, 1.807) is 9.80 Å². The lowest BCUT2D eigenvalue weighted by atomic mass is 10.0. The molecule has 0 spiro atoms. The van der Waals surface area contributed by atoms with Crippen molar-refractivity contribution in [2.24, 2.45) is 0 Å². The lowest BCUT2D eigenvalue weighted by molar-refractivity contribution is -0.123. The molecule has 8 nitrogen and oxygen atoms in total. The van der Waals surface area contributed by atoms with Crippen LogP contribution in [0.2, 0.25) is 0 Å². The minimum Gasteiger partial charge on any atom is -0.353 e. The smallest absolute Gasteiger partial charge is 0.275 e. The van der Waals surface area contributed by atoms with Crippen molar-refractivity contribution in [1.29, 1.82) is 0 Å². The normalized spacial score (nSPS) is 15.7. The van der Waals surface area contributed by atoms with Crippen molar-refractivity contribution in [2.45, 2.75) is 32.4 Å². The Kier molecular flexibility index (Phi) is 6.44. The Bertz CT molecular complexity index is 1190. The molecule has 0 unspecified atom stereocenters. The Hall–Kier alpha value is -3.46. The number of thiophene rings is 1. The summed E-state index contributed by atoms with van der Waals surface area (Å²) in [4.78, 5) is 41.6. The molecule has 1 saturated heterocycles. The molecule has 1 fully saturated rings. The van der Waals surface area contributed by atoms with Gasteiger partial charge in [0.05, 0.1) is 18.7 Å². The molecule has 2 aliphatic heterocycles. The van der Waals surface area contributed by atoms with Crippen molar-refractivity contribution in [1.82, 2.24) is 24.9 Å². The number of nitrogens with one attached hydrogen (secondary N) is 1. The third-order valence-electron chi connectivity index (χ3n) is 6.40. The summed E-state index contributed by atoms with van der Waals surface area (Å²) in [6.45, 7) is 2.57. The van der Waals surface area contributed by atoms with Crippen LogP contribution in [0.5, 0.6) is 0 Å². The fourth-order valence-electron chi connectivity index (χ4n) is 4.63. The van der Waals surface area contributed by atoms with E-state index in [9.17, 15) is 14.4 Å². The number of amides is 3. The molecular weight excluding hydrogens is 450 g/mol. The fourth-order valence-corrected chi connectivity index (χ4v) is 5.26. The molecule has 4 heterocycles. The van der Waals surface area contributed by atoms with Crippen LogP contribution in [0.15, 0.2) is 47.2 Å². The predicted molar refractivity (Wildman–Crippen MR) is 129 cm³/mol. The van der Waals surface area contributed by atoms with E-state index in [-0.39, 0.29) is 24.3 Å². The molecule has 0 aliphatic carbocycles. The highest BCUT2D eigenvalue weighted by atomic mass is 32.1. The Labute approximate surface area is 202 Å². The van der Waals surface area contributed by atoms with Gasteiger partial charge in [-0.05, 0) is 29.9 Å². The summed E-state index contributed by atoms with van der Waals surface area (Å²) in [5, 5.41) is 11.2. The molecule has 176 valence electrons. The number of aryl methyl sites for hydroxylation is 2. The van der Waals surface area contributed by atoms with Gasteiger partial charge in [0, 0.05) is 49.2 Å². The zero-order valence-corrected chi connectivity index (χ0v) is 19.7. The molecule has 3 aromatic rings. The van der Waals surface area contributed by atoms with Gasteiger partial charge in [0.2, 0.25) is 5.91 Å². The Morgan fingerprint density at radius 3 is 2.62 bits per heavy atom. The second-order valence-electron chi connectivity index (χ2n) is 8.65. The van der Waals surface area contributed by atoms with E-state index in [1.807, 2.05) is 39.7 Å². The number of hydrogen-bond acceptors (Lipinski definition) is 5. The molecule has 0 bridgehead atoms. The maximum absolute atomic E-state index is 13.4. The second kappa shape index (κ2) is 9.80. The van der Waals surface area contributed by atoms with Gasteiger partial charge in [-0.25, -0.2) is 0 Å². The molecule has 5 rings (SSSR count). The molecule has 1 N–H and O–H groups in total. The monoisotopic (exact) mass is 477 g/mol. The van der Waals surface area contributed by atoms with Crippen molar-refractivity contribution in [3.8, 4) is 0 Å². The lowest BCUT2D eigenvalue weighted by Crippen LogP contribution is -2.50. The van der Waals surface area contributed by atoms with E-state index in [1.165, 1.54) is 16.9 Å². The Morgan fingerprint density at radius 1 is 1.03 bits per heavy atom. The fraction of sp³-hybridized carbons (Fsp3) is 0.360. The third kappa shape index (κ3) is 4.61. The zero-order valence-electron chi connectivity index (χ0n) is 18.9. The standard InChI is InChI=1S/C25H27N5O3S/c31-22-16-29(13-10-26-22)25(33)23-20-15-28(24(32)19-9-14-34-17-19)12-8-21(20)30(27-23)11-4-7-18-5-2-1-3-6-18/h1-3,5-6,9,14,17H,4,7-8,10-13,15-16H2,(H,26,31). The number of nitrogens with zero attached hydrogens (tertiary/aromatic N) is 4. The van der Waals surface area contributed by atoms with E-state index in [0.717, 1.165) is 24.1 Å². The largest absolute Gasteiger partial charge is 0.353 e. The van der Waals surface area contributed by atoms with Crippen molar-refractivity contribution >= 4 is 29.1 Å². The molecule has 9 heteroatoms. The van der Waals surface area contributed by atoms with E-state index in [0.29, 0.717) is 50.4 Å². The Morgan fingerprint density at radius 2 is 1.85 bits per heavy atom. The van der Waals surface area contributed by atoms with Crippen molar-refractivity contribution in [2.75, 3.05) is 26.2 Å². The average molecular weight is 478 g/mol. The van der Waals surface area contributed by atoms with Gasteiger partial charge in [-0.1, -0.05) is 30.3 Å². The van der Waals surface area contributed by atoms with Crippen LogP contribution < -0.4 is 5.32 Å². The van der Waals surface area contributed by atoms with Crippen molar-refractivity contribution in [3.05, 3.63) is 75.2 Å². The van der Waals surface area contributed by atoms with Gasteiger partial charge in [-0.15, -0.1) is 0 Å². The summed E-state index contributed by atoms with van der Waals surface area (Å²) in [7, 11) is 0. The van der Waals surface area contributed by atoms with Crippen LogP contribution in [0.25, 0.3) is 0 Å². The number of hydrogen-bond donors (Lipinski definition) is 1. The van der Waals surface area contributed by atoms with Gasteiger partial charge in [0.25, 0.3) is 11.8 Å². The highest BCUT2D eigenvalue weighted by molar-refractivity contribution is 7.08. The summed E-state index contributed by atoms with van der Waals surface area (Å²) >= 11 is 1.49. The van der Waals surface area contributed by atoms with Gasteiger partial charge in [-0.3, -0.25) is 19.1 Å². The molecule has 0 radical (unpaired) electrons. The molecular formula is C25H27N5O3S. The molecule has 2 aliphatic rings. The predicted octanol–water partition coefficient (Wildman–Crippen LogP) is 2.35. The first-order valence-corrected chi connectivity index (χ1v) is 12.5. The number of carbonyl (C=O) groups excluding carboxylic acids is 3. The first-order valence-electron chi connectivity index (χ1n) is 11.6. The average Bonchev–Trinajstić information content (AvgIpc) is 3.52. The van der Waals surface area contributed by atoms with E-state index in [2.05, 4.69) is 17.4 Å². The first kappa shape index (κ1) is 22.3. The summed E-state index contributed by atoms with van der Waals surface area (Å²) in [6, 6.07) is 12.1. The molecule has 0 saturated carbocycles. The lowest BCUT2D eigenvalue weighted by Gasteiger charge is -2.29. The van der Waals surface area contributed by atoms with Gasteiger partial charge >= 0.3 is 0 Å². The third-order valence-corrected chi connectivity index (χ3v) is 7.08. The maximum Gasteiger partial charge on any atom is 0.275 e. The molecule has 2 aromatic heterocycles. The molecule has 3 amide bonds. The molecule has 0 atom stereocenters. The zero-order chi connectivity index (χ0) is 23.5. The van der Waals surface area contributed by atoms with E-state index < -0.39 is 0 Å². The highest BCUT2D eigenvalue weighted by Gasteiger charge is 2.33. The number of rotatable bonds is 6. The molecule has 1 aromatic carbocycles. The number of fused-ring (bicyclic) bond motifs is 1. The topological polar surface area (TPSA) is 87.5 Å². The van der Waals surface area contributed by atoms with Gasteiger partial charge in [0.15, 0.2) is 5.69 Å². The summed E-state index contributed by atoms with van der Waals surface area (Å²) in [6.07, 6.45) is 2.47. The quantitative estimate of drug-likeness (QED) is 0.590. The van der Waals surface area contributed by atoms with Crippen LogP contribution >= 0.6 is 11.3 Å². The van der Waals surface area contributed by atoms with Crippen LogP contribution in [0.4, 0.5) is 0 Å². The van der Waals surface area contributed by atoms with Crippen LogP contribution in [0.1, 0.15) is 44.1 Å². The summed E-state index contributed by atoms with van der Waals surface area (Å²) in [5.41, 5.74) is 4.14. The molecule has 34 heavy (non-hydrogen) atoms. The number of carbonyl (C=O) groups is 3. The summed E-state index contributed by atoms with van der Waals surface area (Å²) < 4.78 is 1.95. The van der Waals surface area contributed by atoms with Crippen LogP contribution in [0.3, 0.4) is 0 Å². The highest BCUT2D eigenvalue weighted by Crippen LogP contribution is 2.26. The second-order valence-corrected chi connectivity index (χ2v) is 9.43. The van der Waals surface area contributed by atoms with Gasteiger partial charge < -0.3 is 15.1 Å². The van der Waals surface area contributed by atoms with E-state index in [4.69, 9.17) is 5.10 Å². The SMILES string of the molecule is O=C1CN(C(=O)c2nn(CCCc3ccccc3)c3c2CN(C(=O)c2ccsc2)CC3)CCN1. The minimum atomic E-state index is -0.238. The number of benzene rings is 1. The first-order chi connectivity index (χ1) is 16.6. The summed E-state index contributed by atoms with van der Waals surface area (Å²) in [5.74, 6) is -0.428. The van der Waals surface area contributed by atoms with Gasteiger partial charge in [0.1, 0.15) is 0 Å².